The molecule has 176 valence electrons. The van der Waals surface area contributed by atoms with Gasteiger partial charge in [-0.15, -0.1) is 0 Å². The molecule has 3 N–H and O–H groups in total. The van der Waals surface area contributed by atoms with E-state index in [2.05, 4.69) is 29.8 Å². The number of benzene rings is 3. The second-order valence-corrected chi connectivity index (χ2v) is 8.62. The lowest BCUT2D eigenvalue weighted by molar-refractivity contribution is 0.0948. The zero-order valence-electron chi connectivity index (χ0n) is 19.3. The summed E-state index contributed by atoms with van der Waals surface area (Å²) in [6, 6.07) is 23.5. The average molecular weight is 476 g/mol. The van der Waals surface area contributed by atoms with Gasteiger partial charge in [0.25, 0.3) is 11.8 Å². The maximum Gasteiger partial charge on any atom is 0.257 e. The molecule has 3 rings (SSSR count). The summed E-state index contributed by atoms with van der Waals surface area (Å²) in [7, 11) is 0. The number of thiocarbonyl (C=S) groups is 1. The van der Waals surface area contributed by atoms with Crippen molar-refractivity contribution in [3.8, 4) is 5.75 Å². The fourth-order valence-corrected chi connectivity index (χ4v) is 3.25. The van der Waals surface area contributed by atoms with Crippen LogP contribution in [-0.2, 0) is 6.54 Å². The molecule has 0 saturated carbocycles. The van der Waals surface area contributed by atoms with Crippen molar-refractivity contribution in [1.29, 1.82) is 0 Å². The van der Waals surface area contributed by atoms with Crippen LogP contribution in [0.5, 0.6) is 5.75 Å². The lowest BCUT2D eigenvalue weighted by Crippen LogP contribution is -2.34. The molecule has 0 aromatic heterocycles. The van der Waals surface area contributed by atoms with Crippen LogP contribution in [0.2, 0.25) is 0 Å². The van der Waals surface area contributed by atoms with Gasteiger partial charge in [0.05, 0.1) is 6.61 Å². The summed E-state index contributed by atoms with van der Waals surface area (Å²) in [4.78, 5) is 24.8. The Hall–Kier alpha value is -3.71. The first-order chi connectivity index (χ1) is 16.4. The Labute approximate surface area is 205 Å². The van der Waals surface area contributed by atoms with Crippen molar-refractivity contribution >= 4 is 34.8 Å². The van der Waals surface area contributed by atoms with Gasteiger partial charge in [-0.3, -0.25) is 14.9 Å². The maximum absolute atomic E-state index is 12.5. The highest BCUT2D eigenvalue weighted by Gasteiger charge is 2.10. The Morgan fingerprint density at radius 3 is 2.12 bits per heavy atom. The van der Waals surface area contributed by atoms with Gasteiger partial charge in [0.1, 0.15) is 5.75 Å². The number of carbonyl (C=O) groups is 2. The van der Waals surface area contributed by atoms with Crippen molar-refractivity contribution in [3.05, 3.63) is 95.6 Å². The lowest BCUT2D eigenvalue weighted by Gasteiger charge is -2.11. The van der Waals surface area contributed by atoms with Crippen LogP contribution in [0.3, 0.4) is 0 Å². The Kier molecular flexibility index (Phi) is 9.17. The van der Waals surface area contributed by atoms with Crippen molar-refractivity contribution in [2.24, 2.45) is 5.92 Å². The van der Waals surface area contributed by atoms with E-state index in [1.807, 2.05) is 30.3 Å². The number of ether oxygens (including phenoxy) is 1. The van der Waals surface area contributed by atoms with Crippen LogP contribution in [0.15, 0.2) is 78.9 Å². The van der Waals surface area contributed by atoms with Crippen LogP contribution in [0.25, 0.3) is 0 Å². The van der Waals surface area contributed by atoms with E-state index in [1.165, 1.54) is 0 Å². The molecule has 2 amide bonds. The summed E-state index contributed by atoms with van der Waals surface area (Å²) in [5.74, 6) is 0.823. The smallest absolute Gasteiger partial charge is 0.257 e. The molecule has 0 saturated heterocycles. The monoisotopic (exact) mass is 475 g/mol. The first-order valence-corrected chi connectivity index (χ1v) is 11.6. The minimum absolute atomic E-state index is 0.164. The molecule has 0 atom stereocenters. The Balaban J connectivity index is 1.46. The van der Waals surface area contributed by atoms with E-state index >= 15 is 0 Å². The van der Waals surface area contributed by atoms with E-state index < -0.39 is 0 Å². The molecule has 0 fully saturated rings. The van der Waals surface area contributed by atoms with Crippen molar-refractivity contribution in [2.45, 2.75) is 26.8 Å². The van der Waals surface area contributed by atoms with Gasteiger partial charge in [0.2, 0.25) is 0 Å². The summed E-state index contributed by atoms with van der Waals surface area (Å²) in [6.45, 7) is 5.39. The zero-order chi connectivity index (χ0) is 24.3. The molecule has 0 spiro atoms. The third-order valence-corrected chi connectivity index (χ3v) is 5.21. The van der Waals surface area contributed by atoms with Gasteiger partial charge < -0.3 is 15.4 Å². The summed E-state index contributed by atoms with van der Waals surface area (Å²) < 4.78 is 5.68. The standard InChI is InChI=1S/C27H29N3O3S/c1-19(2)16-17-33-24-14-10-22(11-15-24)26(32)30-27(34)29-23-12-8-21(9-13-23)25(31)28-18-20-6-4-3-5-7-20/h3-15,19H,16-18H2,1-2H3,(H,28,31)(H2,29,30,32,34). The fourth-order valence-electron chi connectivity index (χ4n) is 3.04. The number of amides is 2. The summed E-state index contributed by atoms with van der Waals surface area (Å²) in [5.41, 5.74) is 2.71. The maximum atomic E-state index is 12.5. The topological polar surface area (TPSA) is 79.5 Å². The third kappa shape index (κ3) is 8.01. The first kappa shape index (κ1) is 24.9. The van der Waals surface area contributed by atoms with Crippen LogP contribution < -0.4 is 20.7 Å². The molecule has 7 heteroatoms. The quantitative estimate of drug-likeness (QED) is 0.372. The third-order valence-electron chi connectivity index (χ3n) is 5.01. The van der Waals surface area contributed by atoms with E-state index in [4.69, 9.17) is 17.0 Å². The summed E-state index contributed by atoms with van der Waals surface area (Å²) in [6.07, 6.45) is 0.974. The van der Waals surface area contributed by atoms with E-state index in [0.717, 1.165) is 17.7 Å². The molecule has 0 aliphatic carbocycles. The summed E-state index contributed by atoms with van der Waals surface area (Å²) >= 11 is 5.25. The van der Waals surface area contributed by atoms with Gasteiger partial charge in [-0.2, -0.15) is 0 Å². The van der Waals surface area contributed by atoms with Gasteiger partial charge in [-0.25, -0.2) is 0 Å². The Morgan fingerprint density at radius 1 is 0.853 bits per heavy atom. The molecular formula is C27H29N3O3S. The van der Waals surface area contributed by atoms with Gasteiger partial charge in [-0.05, 0) is 78.7 Å². The van der Waals surface area contributed by atoms with Crippen LogP contribution in [0.4, 0.5) is 5.69 Å². The molecule has 0 aliphatic rings. The minimum Gasteiger partial charge on any atom is -0.494 e. The van der Waals surface area contributed by atoms with Crippen LogP contribution in [0.1, 0.15) is 46.5 Å². The SMILES string of the molecule is CC(C)CCOc1ccc(C(=O)NC(=S)Nc2ccc(C(=O)NCc3ccccc3)cc2)cc1. The number of nitrogens with one attached hydrogen (secondary N) is 3. The molecule has 0 bridgehead atoms. The second kappa shape index (κ2) is 12.5. The minimum atomic E-state index is -0.317. The molecule has 0 unspecified atom stereocenters. The predicted molar refractivity (Wildman–Crippen MR) is 139 cm³/mol. The Bertz CT molecular complexity index is 1100. The molecule has 0 radical (unpaired) electrons. The van der Waals surface area contributed by atoms with E-state index in [1.54, 1.807) is 48.5 Å². The van der Waals surface area contributed by atoms with E-state index in [9.17, 15) is 9.59 Å². The highest BCUT2D eigenvalue weighted by molar-refractivity contribution is 7.80. The Morgan fingerprint density at radius 2 is 1.47 bits per heavy atom. The van der Waals surface area contributed by atoms with Gasteiger partial charge >= 0.3 is 0 Å². The number of anilines is 1. The van der Waals surface area contributed by atoms with Gasteiger partial charge in [-0.1, -0.05) is 44.2 Å². The molecule has 0 aliphatic heterocycles. The van der Waals surface area contributed by atoms with Crippen molar-refractivity contribution in [3.63, 3.8) is 0 Å². The number of hydrogen-bond donors (Lipinski definition) is 3. The molecule has 6 nitrogen and oxygen atoms in total. The average Bonchev–Trinajstić information content (AvgIpc) is 2.83. The number of rotatable bonds is 9. The summed E-state index contributed by atoms with van der Waals surface area (Å²) in [5, 5.41) is 8.68. The molecule has 3 aromatic carbocycles. The van der Waals surface area contributed by atoms with Crippen LogP contribution in [-0.4, -0.2) is 23.5 Å². The highest BCUT2D eigenvalue weighted by atomic mass is 32.1. The van der Waals surface area contributed by atoms with Crippen LogP contribution in [0, 0.1) is 5.92 Å². The van der Waals surface area contributed by atoms with E-state index in [0.29, 0.717) is 35.9 Å². The molecule has 3 aromatic rings. The van der Waals surface area contributed by atoms with Crippen molar-refractivity contribution < 1.29 is 14.3 Å². The first-order valence-electron chi connectivity index (χ1n) is 11.2. The predicted octanol–water partition coefficient (Wildman–Crippen LogP) is 5.17. The van der Waals surface area contributed by atoms with E-state index in [-0.39, 0.29) is 16.9 Å². The van der Waals surface area contributed by atoms with Crippen molar-refractivity contribution in [1.82, 2.24) is 10.6 Å². The second-order valence-electron chi connectivity index (χ2n) is 8.21. The van der Waals surface area contributed by atoms with Crippen molar-refractivity contribution in [2.75, 3.05) is 11.9 Å². The fraction of sp³-hybridized carbons (Fsp3) is 0.222. The lowest BCUT2D eigenvalue weighted by atomic mass is 10.1. The van der Waals surface area contributed by atoms with Crippen LogP contribution >= 0.6 is 12.2 Å². The number of hydrogen-bond acceptors (Lipinski definition) is 4. The normalized spacial score (nSPS) is 10.4. The van der Waals surface area contributed by atoms with Gasteiger partial charge in [0, 0.05) is 23.4 Å². The molecular weight excluding hydrogens is 446 g/mol. The van der Waals surface area contributed by atoms with Gasteiger partial charge in [0.15, 0.2) is 5.11 Å². The molecule has 0 heterocycles. The number of carbonyl (C=O) groups excluding carboxylic acids is 2. The molecule has 34 heavy (non-hydrogen) atoms. The zero-order valence-corrected chi connectivity index (χ0v) is 20.2. The highest BCUT2D eigenvalue weighted by Crippen LogP contribution is 2.14. The largest absolute Gasteiger partial charge is 0.494 e.